The number of amides is 1. The van der Waals surface area contributed by atoms with Crippen LogP contribution in [0.1, 0.15) is 16.4 Å². The molecule has 5 nitrogen and oxygen atoms in total. The van der Waals surface area contributed by atoms with Crippen LogP contribution in [0.15, 0.2) is 24.0 Å². The summed E-state index contributed by atoms with van der Waals surface area (Å²) in [7, 11) is 0. The Morgan fingerprint density at radius 2 is 2.33 bits per heavy atom. The molecule has 94 valence electrons. The van der Waals surface area contributed by atoms with Crippen molar-refractivity contribution in [3.63, 3.8) is 0 Å². The summed E-state index contributed by atoms with van der Waals surface area (Å²) in [5.74, 6) is 0.295. The summed E-state index contributed by atoms with van der Waals surface area (Å²) in [5.41, 5.74) is 1.58. The monoisotopic (exact) mass is 282 g/mol. The highest BCUT2D eigenvalue weighted by molar-refractivity contribution is 7.09. The summed E-state index contributed by atoms with van der Waals surface area (Å²) < 4.78 is 0. The first-order valence-corrected chi connectivity index (χ1v) is 6.70. The first kappa shape index (κ1) is 12.9. The maximum absolute atomic E-state index is 11.7. The van der Waals surface area contributed by atoms with E-state index in [0.717, 1.165) is 16.4 Å². The average molecular weight is 283 g/mol. The molecule has 0 aliphatic carbocycles. The lowest BCUT2D eigenvalue weighted by Crippen LogP contribution is -2.24. The third kappa shape index (κ3) is 3.75. The van der Waals surface area contributed by atoms with Gasteiger partial charge in [-0.1, -0.05) is 0 Å². The Kier molecular flexibility index (Phi) is 4.60. The minimum atomic E-state index is -0.0796. The molecule has 2 rings (SSSR count). The average Bonchev–Trinajstić information content (AvgIpc) is 2.85. The molecule has 2 aromatic rings. The van der Waals surface area contributed by atoms with Gasteiger partial charge in [0, 0.05) is 11.6 Å². The van der Waals surface area contributed by atoms with Crippen molar-refractivity contribution in [3.8, 4) is 0 Å². The van der Waals surface area contributed by atoms with Gasteiger partial charge in [-0.3, -0.25) is 4.79 Å². The molecule has 1 N–H and O–H groups in total. The van der Waals surface area contributed by atoms with Crippen molar-refractivity contribution in [2.45, 2.75) is 18.8 Å². The number of carbonyl (C=O) groups is 1. The molecule has 1 amide bonds. The summed E-state index contributed by atoms with van der Waals surface area (Å²) in [4.78, 5) is 23.7. The molecule has 0 fully saturated rings. The largest absolute Gasteiger partial charge is 0.350 e. The minimum Gasteiger partial charge on any atom is -0.350 e. The van der Waals surface area contributed by atoms with Crippen LogP contribution in [-0.2, 0) is 23.6 Å². The lowest BCUT2D eigenvalue weighted by Gasteiger charge is -2.02. The molecular weight excluding hydrogens is 272 g/mol. The second-order valence-corrected chi connectivity index (χ2v) is 4.73. The number of hydrogen-bond donors (Lipinski definition) is 1. The van der Waals surface area contributed by atoms with Crippen LogP contribution in [0.3, 0.4) is 0 Å². The second-order valence-electron chi connectivity index (χ2n) is 3.52. The lowest BCUT2D eigenvalue weighted by atomic mass is 10.3. The molecule has 0 saturated heterocycles. The van der Waals surface area contributed by atoms with Gasteiger partial charge in [0.1, 0.15) is 11.3 Å². The van der Waals surface area contributed by atoms with E-state index in [-0.39, 0.29) is 12.3 Å². The molecule has 2 heterocycles. The van der Waals surface area contributed by atoms with Gasteiger partial charge >= 0.3 is 0 Å². The zero-order valence-electron chi connectivity index (χ0n) is 9.47. The van der Waals surface area contributed by atoms with Crippen LogP contribution in [0.4, 0.5) is 0 Å². The van der Waals surface area contributed by atoms with Crippen LogP contribution in [0.5, 0.6) is 0 Å². The van der Waals surface area contributed by atoms with Crippen LogP contribution in [0.2, 0.25) is 0 Å². The molecule has 0 aliphatic heterocycles. The molecule has 0 unspecified atom stereocenters. The minimum absolute atomic E-state index is 0.0796. The molecule has 0 spiro atoms. The molecule has 0 atom stereocenters. The third-order valence-electron chi connectivity index (χ3n) is 2.16. The van der Waals surface area contributed by atoms with Crippen molar-refractivity contribution in [1.29, 1.82) is 0 Å². The normalized spacial score (nSPS) is 10.3. The van der Waals surface area contributed by atoms with E-state index < -0.39 is 0 Å². The lowest BCUT2D eigenvalue weighted by molar-refractivity contribution is -0.120. The van der Waals surface area contributed by atoms with Crippen LogP contribution >= 0.6 is 22.9 Å². The van der Waals surface area contributed by atoms with Crippen LogP contribution in [-0.4, -0.2) is 20.9 Å². The Morgan fingerprint density at radius 1 is 1.44 bits per heavy atom. The summed E-state index contributed by atoms with van der Waals surface area (Å²) in [5, 5.41) is 5.41. The van der Waals surface area contributed by atoms with Crippen LogP contribution < -0.4 is 5.32 Å². The highest BCUT2D eigenvalue weighted by atomic mass is 35.5. The zero-order valence-corrected chi connectivity index (χ0v) is 11.0. The SMILES string of the molecule is O=C(Cc1nc(CCl)cs1)NCc1ccncn1. The predicted octanol–water partition coefficient (Wildman–Crippen LogP) is 1.53. The van der Waals surface area contributed by atoms with Gasteiger partial charge in [-0.2, -0.15) is 0 Å². The van der Waals surface area contributed by atoms with Crippen molar-refractivity contribution in [2.75, 3.05) is 0 Å². The van der Waals surface area contributed by atoms with Gasteiger partial charge in [-0.05, 0) is 6.07 Å². The van der Waals surface area contributed by atoms with Gasteiger partial charge in [0.05, 0.1) is 30.2 Å². The molecular formula is C11H11ClN4OS. The van der Waals surface area contributed by atoms with E-state index in [1.165, 1.54) is 17.7 Å². The molecule has 0 bridgehead atoms. The quantitative estimate of drug-likeness (QED) is 0.845. The fourth-order valence-corrected chi connectivity index (χ4v) is 2.32. The van der Waals surface area contributed by atoms with Gasteiger partial charge in [0.15, 0.2) is 0 Å². The second kappa shape index (κ2) is 6.42. The highest BCUT2D eigenvalue weighted by Gasteiger charge is 2.07. The van der Waals surface area contributed by atoms with E-state index in [1.807, 2.05) is 5.38 Å². The van der Waals surface area contributed by atoms with Crippen molar-refractivity contribution in [2.24, 2.45) is 0 Å². The van der Waals surface area contributed by atoms with Crippen LogP contribution in [0.25, 0.3) is 0 Å². The molecule has 7 heteroatoms. The zero-order chi connectivity index (χ0) is 12.8. The summed E-state index contributed by atoms with van der Waals surface area (Å²) in [6.45, 7) is 0.398. The van der Waals surface area contributed by atoms with Crippen LogP contribution in [0, 0.1) is 0 Å². The smallest absolute Gasteiger partial charge is 0.227 e. The molecule has 0 radical (unpaired) electrons. The fourth-order valence-electron chi connectivity index (χ4n) is 1.30. The number of alkyl halides is 1. The maximum atomic E-state index is 11.7. The van der Waals surface area contributed by atoms with Crippen molar-refractivity contribution < 1.29 is 4.79 Å². The number of nitrogens with zero attached hydrogens (tertiary/aromatic N) is 3. The summed E-state index contributed by atoms with van der Waals surface area (Å²) in [6, 6.07) is 1.76. The third-order valence-corrected chi connectivity index (χ3v) is 3.33. The Hall–Kier alpha value is -1.53. The van der Waals surface area contributed by atoms with E-state index in [1.54, 1.807) is 12.3 Å². The topological polar surface area (TPSA) is 67.8 Å². The maximum Gasteiger partial charge on any atom is 0.227 e. The van der Waals surface area contributed by atoms with Gasteiger partial charge in [0.2, 0.25) is 5.91 Å². The molecule has 0 aliphatic rings. The van der Waals surface area contributed by atoms with E-state index in [9.17, 15) is 4.79 Å². The van der Waals surface area contributed by atoms with E-state index >= 15 is 0 Å². The predicted molar refractivity (Wildman–Crippen MR) is 69.3 cm³/mol. The molecule has 0 aromatic carbocycles. The van der Waals surface area contributed by atoms with Gasteiger partial charge in [-0.25, -0.2) is 15.0 Å². The van der Waals surface area contributed by atoms with E-state index in [2.05, 4.69) is 20.3 Å². The van der Waals surface area contributed by atoms with Crippen molar-refractivity contribution in [1.82, 2.24) is 20.3 Å². The standard InChI is InChI=1S/C11H11ClN4OS/c12-4-9-6-18-11(16-9)3-10(17)14-5-8-1-2-13-7-15-8/h1-2,6-7H,3-5H2,(H,14,17). The number of rotatable bonds is 5. The number of carbonyl (C=O) groups excluding carboxylic acids is 1. The van der Waals surface area contributed by atoms with Gasteiger partial charge in [-0.15, -0.1) is 22.9 Å². The molecule has 2 aromatic heterocycles. The van der Waals surface area contributed by atoms with E-state index in [0.29, 0.717) is 12.4 Å². The Labute approximate surface area is 113 Å². The Balaban J connectivity index is 1.82. The van der Waals surface area contributed by atoms with Gasteiger partial charge < -0.3 is 5.32 Å². The number of halogens is 1. The first-order valence-electron chi connectivity index (χ1n) is 5.29. The Morgan fingerprint density at radius 3 is 3.00 bits per heavy atom. The van der Waals surface area contributed by atoms with E-state index in [4.69, 9.17) is 11.6 Å². The summed E-state index contributed by atoms with van der Waals surface area (Å²) >= 11 is 7.09. The number of thiazole rings is 1. The van der Waals surface area contributed by atoms with Crippen molar-refractivity contribution in [3.05, 3.63) is 40.4 Å². The van der Waals surface area contributed by atoms with Crippen molar-refractivity contribution >= 4 is 28.8 Å². The molecule has 0 saturated carbocycles. The highest BCUT2D eigenvalue weighted by Crippen LogP contribution is 2.12. The number of aromatic nitrogens is 3. The first-order chi connectivity index (χ1) is 8.78. The Bertz CT molecular complexity index is 517. The number of nitrogens with one attached hydrogen (secondary N) is 1. The summed E-state index contributed by atoms with van der Waals surface area (Å²) in [6.07, 6.45) is 3.36. The van der Waals surface area contributed by atoms with Gasteiger partial charge in [0.25, 0.3) is 0 Å². The number of hydrogen-bond acceptors (Lipinski definition) is 5. The fraction of sp³-hybridized carbons (Fsp3) is 0.273. The molecule has 18 heavy (non-hydrogen) atoms.